The van der Waals surface area contributed by atoms with E-state index in [-0.39, 0.29) is 6.42 Å². The van der Waals surface area contributed by atoms with E-state index in [1.54, 1.807) is 18.2 Å². The van der Waals surface area contributed by atoms with Crippen molar-refractivity contribution in [1.82, 2.24) is 0 Å². The van der Waals surface area contributed by atoms with Crippen LogP contribution >= 0.6 is 15.9 Å². The Kier molecular flexibility index (Phi) is 2.70. The molecule has 0 aliphatic carbocycles. The molecular weight excluding hydrogens is 222 g/mol. The van der Waals surface area contributed by atoms with Gasteiger partial charge in [0.2, 0.25) is 0 Å². The van der Waals surface area contributed by atoms with E-state index in [0.29, 0.717) is 5.69 Å². The molecule has 1 aromatic carbocycles. The monoisotopic (exact) mass is 229 g/mol. The van der Waals surface area contributed by atoms with E-state index >= 15 is 0 Å². The molecule has 0 aliphatic heterocycles. The zero-order valence-corrected chi connectivity index (χ0v) is 7.84. The number of carboxylic acids is 1. The minimum Gasteiger partial charge on any atom is -0.481 e. The molecule has 4 heteroatoms. The molecule has 12 heavy (non-hydrogen) atoms. The number of carbonyl (C=O) groups is 1. The predicted molar refractivity (Wildman–Crippen MR) is 49.9 cm³/mol. The summed E-state index contributed by atoms with van der Waals surface area (Å²) < 4.78 is 0.741. The van der Waals surface area contributed by atoms with Crippen LogP contribution in [-0.4, -0.2) is 11.1 Å². The molecule has 0 fully saturated rings. The highest BCUT2D eigenvalue weighted by Gasteiger charge is 2.04. The van der Waals surface area contributed by atoms with Gasteiger partial charge in [0.25, 0.3) is 0 Å². The molecule has 1 aromatic rings. The van der Waals surface area contributed by atoms with Gasteiger partial charge in [0.15, 0.2) is 0 Å². The summed E-state index contributed by atoms with van der Waals surface area (Å²) >= 11 is 3.23. The predicted octanol–water partition coefficient (Wildman–Crippen LogP) is 1.66. The molecule has 0 saturated carbocycles. The molecule has 3 nitrogen and oxygen atoms in total. The largest absolute Gasteiger partial charge is 0.481 e. The van der Waals surface area contributed by atoms with Crippen molar-refractivity contribution in [1.29, 1.82) is 0 Å². The van der Waals surface area contributed by atoms with Crippen molar-refractivity contribution in [3.8, 4) is 0 Å². The molecule has 0 aliphatic rings. The molecule has 64 valence electrons. The Balaban J connectivity index is 2.93. The van der Waals surface area contributed by atoms with Gasteiger partial charge in [-0.05, 0) is 17.7 Å². The molecule has 0 amide bonds. The number of hydrogen-bond donors (Lipinski definition) is 2. The smallest absolute Gasteiger partial charge is 0.307 e. The van der Waals surface area contributed by atoms with Crippen LogP contribution in [-0.2, 0) is 11.2 Å². The second kappa shape index (κ2) is 3.58. The van der Waals surface area contributed by atoms with Crippen LogP contribution in [0.4, 0.5) is 5.69 Å². The van der Waals surface area contributed by atoms with Crippen LogP contribution in [0.25, 0.3) is 0 Å². The van der Waals surface area contributed by atoms with Gasteiger partial charge in [-0.1, -0.05) is 22.0 Å². The van der Waals surface area contributed by atoms with E-state index in [1.807, 2.05) is 0 Å². The molecule has 0 bridgehead atoms. The lowest BCUT2D eigenvalue weighted by Crippen LogP contribution is -2.01. The van der Waals surface area contributed by atoms with Gasteiger partial charge in [-0.3, -0.25) is 4.79 Å². The number of benzene rings is 1. The first-order chi connectivity index (χ1) is 5.59. The first-order valence-corrected chi connectivity index (χ1v) is 4.14. The van der Waals surface area contributed by atoms with Crippen LogP contribution in [0.2, 0.25) is 0 Å². The van der Waals surface area contributed by atoms with Gasteiger partial charge in [0.1, 0.15) is 0 Å². The van der Waals surface area contributed by atoms with Crippen molar-refractivity contribution in [2.75, 3.05) is 5.73 Å². The number of rotatable bonds is 2. The van der Waals surface area contributed by atoms with E-state index in [4.69, 9.17) is 10.8 Å². The molecule has 0 aromatic heterocycles. The SMILES string of the molecule is Nc1ccc(CC(=O)O)c(Br)c1. The Morgan fingerprint density at radius 3 is 2.75 bits per heavy atom. The molecule has 0 heterocycles. The number of carboxylic acid groups (broad SMARTS) is 1. The Hall–Kier alpha value is -1.03. The fourth-order valence-electron chi connectivity index (χ4n) is 0.870. The molecule has 1 rings (SSSR count). The van der Waals surface area contributed by atoms with Gasteiger partial charge in [-0.15, -0.1) is 0 Å². The summed E-state index contributed by atoms with van der Waals surface area (Å²) in [5.41, 5.74) is 6.84. The third-order valence-corrected chi connectivity index (χ3v) is 2.16. The summed E-state index contributed by atoms with van der Waals surface area (Å²) in [5, 5.41) is 8.51. The summed E-state index contributed by atoms with van der Waals surface area (Å²) in [4.78, 5) is 10.4. The summed E-state index contributed by atoms with van der Waals surface area (Å²) in [5.74, 6) is -0.847. The van der Waals surface area contributed by atoms with Gasteiger partial charge in [0.05, 0.1) is 6.42 Å². The number of anilines is 1. The van der Waals surface area contributed by atoms with Crippen molar-refractivity contribution < 1.29 is 9.90 Å². The van der Waals surface area contributed by atoms with Crippen molar-refractivity contribution in [3.63, 3.8) is 0 Å². The molecule has 3 N–H and O–H groups in total. The Labute approximate surface area is 78.3 Å². The zero-order chi connectivity index (χ0) is 9.14. The Morgan fingerprint density at radius 2 is 2.25 bits per heavy atom. The van der Waals surface area contributed by atoms with E-state index in [9.17, 15) is 4.79 Å². The summed E-state index contributed by atoms with van der Waals surface area (Å²) in [6, 6.07) is 5.08. The number of halogens is 1. The molecule has 0 unspecified atom stereocenters. The van der Waals surface area contributed by atoms with E-state index < -0.39 is 5.97 Å². The second-order valence-corrected chi connectivity index (χ2v) is 3.28. The van der Waals surface area contributed by atoms with Crippen molar-refractivity contribution >= 4 is 27.6 Å². The van der Waals surface area contributed by atoms with Crippen LogP contribution in [0.1, 0.15) is 5.56 Å². The average Bonchev–Trinajstić information content (AvgIpc) is 1.94. The zero-order valence-electron chi connectivity index (χ0n) is 6.25. The maximum absolute atomic E-state index is 10.4. The third-order valence-electron chi connectivity index (χ3n) is 1.42. The first kappa shape index (κ1) is 9.06. The van der Waals surface area contributed by atoms with Gasteiger partial charge < -0.3 is 10.8 Å². The van der Waals surface area contributed by atoms with E-state index in [1.165, 1.54) is 0 Å². The maximum atomic E-state index is 10.4. The summed E-state index contributed by atoms with van der Waals surface area (Å²) in [6.45, 7) is 0. The summed E-state index contributed by atoms with van der Waals surface area (Å²) in [6.07, 6.45) is 0.0147. The third kappa shape index (κ3) is 2.23. The highest BCUT2D eigenvalue weighted by molar-refractivity contribution is 9.10. The minimum absolute atomic E-state index is 0.0147. The van der Waals surface area contributed by atoms with E-state index in [0.717, 1.165) is 10.0 Å². The van der Waals surface area contributed by atoms with Crippen molar-refractivity contribution in [2.45, 2.75) is 6.42 Å². The molecule has 0 atom stereocenters. The second-order valence-electron chi connectivity index (χ2n) is 2.42. The first-order valence-electron chi connectivity index (χ1n) is 3.35. The van der Waals surface area contributed by atoms with Gasteiger partial charge >= 0.3 is 5.97 Å². The van der Waals surface area contributed by atoms with Crippen LogP contribution in [0.3, 0.4) is 0 Å². The molecular formula is C8H8BrNO2. The topological polar surface area (TPSA) is 63.3 Å². The number of nitrogen functional groups attached to an aromatic ring is 1. The fraction of sp³-hybridized carbons (Fsp3) is 0.125. The number of aliphatic carboxylic acids is 1. The van der Waals surface area contributed by atoms with Crippen LogP contribution in [0.5, 0.6) is 0 Å². The standard InChI is InChI=1S/C8H8BrNO2/c9-7-4-6(10)2-1-5(7)3-8(11)12/h1-2,4H,3,10H2,(H,11,12). The Bertz CT molecular complexity index is 312. The normalized spacial score (nSPS) is 9.75. The van der Waals surface area contributed by atoms with E-state index in [2.05, 4.69) is 15.9 Å². The lowest BCUT2D eigenvalue weighted by atomic mass is 10.1. The number of nitrogens with two attached hydrogens (primary N) is 1. The number of hydrogen-bond acceptors (Lipinski definition) is 2. The fourth-order valence-corrected chi connectivity index (χ4v) is 1.41. The maximum Gasteiger partial charge on any atom is 0.307 e. The highest BCUT2D eigenvalue weighted by Crippen LogP contribution is 2.20. The van der Waals surface area contributed by atoms with Gasteiger partial charge in [-0.25, -0.2) is 0 Å². The highest BCUT2D eigenvalue weighted by atomic mass is 79.9. The molecule has 0 radical (unpaired) electrons. The van der Waals surface area contributed by atoms with Crippen molar-refractivity contribution in [2.24, 2.45) is 0 Å². The van der Waals surface area contributed by atoms with Crippen molar-refractivity contribution in [3.05, 3.63) is 28.2 Å². The van der Waals surface area contributed by atoms with Gasteiger partial charge in [0, 0.05) is 10.2 Å². The molecule has 0 spiro atoms. The molecule has 0 saturated heterocycles. The lowest BCUT2D eigenvalue weighted by Gasteiger charge is -2.01. The minimum atomic E-state index is -0.847. The summed E-state index contributed by atoms with van der Waals surface area (Å²) in [7, 11) is 0. The van der Waals surface area contributed by atoms with Gasteiger partial charge in [-0.2, -0.15) is 0 Å². The average molecular weight is 230 g/mol. The lowest BCUT2D eigenvalue weighted by molar-refractivity contribution is -0.136. The van der Waals surface area contributed by atoms with Crippen LogP contribution in [0, 0.1) is 0 Å². The quantitative estimate of drug-likeness (QED) is 0.759. The van der Waals surface area contributed by atoms with Crippen LogP contribution < -0.4 is 5.73 Å². The Morgan fingerprint density at radius 1 is 1.58 bits per heavy atom. The van der Waals surface area contributed by atoms with Crippen LogP contribution in [0.15, 0.2) is 22.7 Å².